The van der Waals surface area contributed by atoms with Crippen molar-refractivity contribution in [3.63, 3.8) is 0 Å². The van der Waals surface area contributed by atoms with Crippen molar-refractivity contribution in [2.45, 2.75) is 13.1 Å². The van der Waals surface area contributed by atoms with Gasteiger partial charge in [-0.05, 0) is 30.7 Å². The number of hydrogen-bond acceptors (Lipinski definition) is 3. The van der Waals surface area contributed by atoms with Crippen LogP contribution in [0.4, 0.5) is 13.2 Å². The summed E-state index contributed by atoms with van der Waals surface area (Å²) in [7, 11) is 0. The molecular weight excluding hydrogens is 361 g/mol. The van der Waals surface area contributed by atoms with E-state index in [0.29, 0.717) is 16.8 Å². The number of carbonyl (C=O) groups excluding carboxylic acids is 1. The molecule has 1 aliphatic heterocycles. The third kappa shape index (κ3) is 2.98. The van der Waals surface area contributed by atoms with Crippen molar-refractivity contribution in [2.24, 2.45) is 0 Å². The predicted molar refractivity (Wildman–Crippen MR) is 77.8 cm³/mol. The Morgan fingerprint density at radius 2 is 2.00 bits per heavy atom. The molecule has 0 unspecified atom stereocenters. The Hall–Kier alpha value is -2.29. The number of nitrogens with zero attached hydrogens (tertiary/aromatic N) is 1. The van der Waals surface area contributed by atoms with E-state index in [1.165, 1.54) is 18.2 Å². The molecule has 112 valence electrons. The van der Waals surface area contributed by atoms with Gasteiger partial charge in [0.25, 0.3) is 0 Å². The van der Waals surface area contributed by atoms with Crippen LogP contribution >= 0.6 is 15.9 Å². The summed E-state index contributed by atoms with van der Waals surface area (Å²) < 4.78 is 38.8. The number of nitriles is 1. The highest BCUT2D eigenvalue weighted by Crippen LogP contribution is 2.37. The minimum absolute atomic E-state index is 0.0204. The zero-order valence-corrected chi connectivity index (χ0v) is 12.8. The molecule has 0 fully saturated rings. The van der Waals surface area contributed by atoms with Crippen molar-refractivity contribution in [2.75, 3.05) is 0 Å². The van der Waals surface area contributed by atoms with Crippen LogP contribution in [0.3, 0.4) is 0 Å². The lowest BCUT2D eigenvalue weighted by atomic mass is 9.96. The predicted octanol–water partition coefficient (Wildman–Crippen LogP) is 3.97. The first-order chi connectivity index (χ1) is 10.3. The van der Waals surface area contributed by atoms with E-state index in [9.17, 15) is 18.0 Å². The first-order valence-corrected chi connectivity index (χ1v) is 6.79. The number of nitrogens with one attached hydrogen (secondary N) is 1. The quantitative estimate of drug-likeness (QED) is 0.763. The van der Waals surface area contributed by atoms with Crippen molar-refractivity contribution in [1.82, 2.24) is 5.32 Å². The molecule has 0 atom stereocenters. The first kappa shape index (κ1) is 16.1. The second-order valence-corrected chi connectivity index (χ2v) is 5.36. The molecule has 0 bridgehead atoms. The van der Waals surface area contributed by atoms with Crippen LogP contribution in [0.2, 0.25) is 0 Å². The average molecular weight is 369 g/mol. The average Bonchev–Trinajstić information content (AvgIpc) is 2.46. The van der Waals surface area contributed by atoms with E-state index < -0.39 is 11.7 Å². The van der Waals surface area contributed by atoms with Gasteiger partial charge < -0.3 is 5.32 Å². The van der Waals surface area contributed by atoms with Gasteiger partial charge in [-0.2, -0.15) is 18.4 Å². The smallest absolute Gasteiger partial charge is 0.348 e. The Kier molecular flexibility index (Phi) is 4.27. The zero-order chi connectivity index (χ0) is 16.5. The number of rotatable bonds is 1. The monoisotopic (exact) mass is 368 g/mol. The highest BCUT2D eigenvalue weighted by Gasteiger charge is 2.33. The highest BCUT2D eigenvalue weighted by molar-refractivity contribution is 9.10. The van der Waals surface area contributed by atoms with Gasteiger partial charge in [0, 0.05) is 15.7 Å². The Morgan fingerprint density at radius 3 is 2.55 bits per heavy atom. The van der Waals surface area contributed by atoms with Gasteiger partial charge in [-0.25, -0.2) is 4.79 Å². The summed E-state index contributed by atoms with van der Waals surface area (Å²) in [4.78, 5) is 10.8. The molecule has 0 spiro atoms. The molecule has 0 saturated carbocycles. The van der Waals surface area contributed by atoms with Gasteiger partial charge in [0.2, 0.25) is 0 Å². The Morgan fingerprint density at radius 1 is 1.32 bits per heavy atom. The van der Waals surface area contributed by atoms with E-state index in [1.807, 2.05) is 6.07 Å². The summed E-state index contributed by atoms with van der Waals surface area (Å²) in [5, 5.41) is 11.7. The van der Waals surface area contributed by atoms with Crippen LogP contribution in [0, 0.1) is 11.3 Å². The van der Waals surface area contributed by atoms with Crippen LogP contribution in [0.1, 0.15) is 18.1 Å². The normalized spacial score (nSPS) is 14.9. The Balaban J connectivity index is 2.61. The standard InChI is InChI=1S/C15H8BrF3N2O/c1-8-11(4-10(6-20)14(7-22)21-8)9-2-3-13(16)12(5-9)15(17,18)19/h2-5,21H,1H3. The number of allylic oxidation sites excluding steroid dienone is 4. The van der Waals surface area contributed by atoms with Gasteiger partial charge in [0.15, 0.2) is 5.94 Å². The molecule has 0 amide bonds. The van der Waals surface area contributed by atoms with Crippen molar-refractivity contribution in [1.29, 1.82) is 5.26 Å². The Bertz CT molecular complexity index is 794. The van der Waals surface area contributed by atoms with Crippen molar-refractivity contribution in [3.8, 4) is 6.07 Å². The lowest BCUT2D eigenvalue weighted by molar-refractivity contribution is -0.138. The van der Waals surface area contributed by atoms with Crippen LogP contribution in [0.5, 0.6) is 0 Å². The minimum atomic E-state index is -4.50. The number of halogens is 4. The molecule has 22 heavy (non-hydrogen) atoms. The fourth-order valence-electron chi connectivity index (χ4n) is 2.03. The number of benzene rings is 1. The molecule has 0 saturated heterocycles. The van der Waals surface area contributed by atoms with Crippen LogP contribution < -0.4 is 5.32 Å². The first-order valence-electron chi connectivity index (χ1n) is 6.00. The topological polar surface area (TPSA) is 52.9 Å². The second-order valence-electron chi connectivity index (χ2n) is 4.50. The molecule has 0 aliphatic carbocycles. The van der Waals surface area contributed by atoms with Gasteiger partial charge in [-0.3, -0.25) is 0 Å². The molecule has 3 nitrogen and oxygen atoms in total. The fourth-order valence-corrected chi connectivity index (χ4v) is 2.50. The molecule has 1 heterocycles. The molecule has 1 N–H and O–H groups in total. The summed E-state index contributed by atoms with van der Waals surface area (Å²) >= 11 is 2.88. The third-order valence-electron chi connectivity index (χ3n) is 3.08. The highest BCUT2D eigenvalue weighted by atomic mass is 79.9. The molecule has 2 rings (SSSR count). The van der Waals surface area contributed by atoms with Gasteiger partial charge in [0.05, 0.1) is 11.1 Å². The van der Waals surface area contributed by atoms with E-state index in [1.54, 1.807) is 12.9 Å². The molecule has 0 aromatic heterocycles. The van der Waals surface area contributed by atoms with Crippen LogP contribution in [0.25, 0.3) is 5.57 Å². The minimum Gasteiger partial charge on any atom is -0.348 e. The van der Waals surface area contributed by atoms with Crippen molar-refractivity contribution in [3.05, 3.63) is 56.8 Å². The maximum atomic E-state index is 13.0. The van der Waals surface area contributed by atoms with E-state index >= 15 is 0 Å². The summed E-state index contributed by atoms with van der Waals surface area (Å²) in [6.45, 7) is 1.60. The van der Waals surface area contributed by atoms with Crippen molar-refractivity contribution < 1.29 is 18.0 Å². The SMILES string of the molecule is CC1=C(c2ccc(Br)c(C(F)(F)F)c2)C=C(C#N)C(=C=O)N1. The fraction of sp³-hybridized carbons (Fsp3) is 0.133. The summed E-state index contributed by atoms with van der Waals surface area (Å²) in [6, 6.07) is 5.60. The maximum Gasteiger partial charge on any atom is 0.417 e. The van der Waals surface area contributed by atoms with Crippen LogP contribution in [-0.4, -0.2) is 5.94 Å². The van der Waals surface area contributed by atoms with E-state index in [0.717, 1.165) is 6.07 Å². The summed E-state index contributed by atoms with van der Waals surface area (Å²) in [5.41, 5.74) is 0.345. The van der Waals surface area contributed by atoms with Crippen molar-refractivity contribution >= 4 is 27.4 Å². The largest absolute Gasteiger partial charge is 0.417 e. The zero-order valence-electron chi connectivity index (χ0n) is 11.2. The Labute approximate surface area is 132 Å². The number of dihydropyridines is 1. The molecule has 1 aliphatic rings. The summed E-state index contributed by atoms with van der Waals surface area (Å²) in [6.07, 6.45) is -3.13. The number of alkyl halides is 3. The molecule has 1 aromatic rings. The van der Waals surface area contributed by atoms with E-state index in [-0.39, 0.29) is 15.7 Å². The van der Waals surface area contributed by atoms with Gasteiger partial charge in [-0.1, -0.05) is 22.0 Å². The maximum absolute atomic E-state index is 13.0. The van der Waals surface area contributed by atoms with Crippen LogP contribution in [0.15, 0.2) is 45.7 Å². The molecule has 0 radical (unpaired) electrons. The lowest BCUT2D eigenvalue weighted by Crippen LogP contribution is -2.18. The molecule has 1 aromatic carbocycles. The van der Waals surface area contributed by atoms with Gasteiger partial charge in [0.1, 0.15) is 11.8 Å². The van der Waals surface area contributed by atoms with E-state index in [2.05, 4.69) is 21.2 Å². The third-order valence-corrected chi connectivity index (χ3v) is 3.77. The molecular formula is C15H8BrF3N2O. The van der Waals surface area contributed by atoms with Gasteiger partial charge in [-0.15, -0.1) is 0 Å². The molecule has 7 heteroatoms. The lowest BCUT2D eigenvalue weighted by Gasteiger charge is -2.19. The van der Waals surface area contributed by atoms with Crippen LogP contribution in [-0.2, 0) is 11.0 Å². The van der Waals surface area contributed by atoms with Gasteiger partial charge >= 0.3 is 6.18 Å². The second kappa shape index (κ2) is 5.84. The summed E-state index contributed by atoms with van der Waals surface area (Å²) in [5.74, 6) is 1.60. The number of hydrogen-bond donors (Lipinski definition) is 1. The van der Waals surface area contributed by atoms with E-state index in [4.69, 9.17) is 5.26 Å².